The van der Waals surface area contributed by atoms with E-state index in [9.17, 15) is 13.2 Å². The van der Waals surface area contributed by atoms with Crippen molar-refractivity contribution in [2.24, 2.45) is 5.73 Å². The molecule has 5 nitrogen and oxygen atoms in total. The molecule has 114 valence electrons. The van der Waals surface area contributed by atoms with E-state index in [1.807, 2.05) is 4.90 Å². The first kappa shape index (κ1) is 14.1. The third-order valence-electron chi connectivity index (χ3n) is 3.72. The summed E-state index contributed by atoms with van der Waals surface area (Å²) in [6.07, 6.45) is 0.270. The molecule has 2 aromatic rings. The van der Waals surface area contributed by atoms with Crippen molar-refractivity contribution in [3.8, 4) is 0 Å². The fraction of sp³-hybridized carbons (Fsp3) is 0.538. The minimum absolute atomic E-state index is 0.268. The van der Waals surface area contributed by atoms with Gasteiger partial charge in [0.1, 0.15) is 5.52 Å². The fourth-order valence-electron chi connectivity index (χ4n) is 2.81. The van der Waals surface area contributed by atoms with Gasteiger partial charge >= 0.3 is 6.18 Å². The third kappa shape index (κ3) is 2.44. The number of halogens is 3. The van der Waals surface area contributed by atoms with Crippen LogP contribution in [0.1, 0.15) is 25.5 Å². The van der Waals surface area contributed by atoms with Gasteiger partial charge in [0.15, 0.2) is 11.5 Å². The van der Waals surface area contributed by atoms with Crippen LogP contribution in [0.15, 0.2) is 18.5 Å². The van der Waals surface area contributed by atoms with E-state index in [1.165, 1.54) is 16.9 Å². The highest BCUT2D eigenvalue weighted by atomic mass is 19.4. The standard InChI is InChI=1S/C13H16F3N5/c1-2-3-12(17)7-20(8-12)11-9-6-10(13(14,15)16)19-21(9)5-4-18-11/h4-6H,2-3,7-8,17H2,1H3. The first-order valence-electron chi connectivity index (χ1n) is 6.78. The molecule has 0 aromatic carbocycles. The SMILES string of the molecule is CCCC1(N)CN(c2nccn3nc(C(F)(F)F)cc23)C1. The second kappa shape index (κ2) is 4.59. The largest absolute Gasteiger partial charge is 0.435 e. The molecular weight excluding hydrogens is 283 g/mol. The summed E-state index contributed by atoms with van der Waals surface area (Å²) in [7, 11) is 0. The quantitative estimate of drug-likeness (QED) is 0.942. The Kier molecular flexibility index (Phi) is 3.09. The Morgan fingerprint density at radius 1 is 1.38 bits per heavy atom. The summed E-state index contributed by atoms with van der Waals surface area (Å²) in [5.41, 5.74) is 5.36. The Hall–Kier alpha value is -1.83. The van der Waals surface area contributed by atoms with Crippen LogP contribution >= 0.6 is 0 Å². The monoisotopic (exact) mass is 299 g/mol. The van der Waals surface area contributed by atoms with Crippen molar-refractivity contribution in [2.75, 3.05) is 18.0 Å². The molecule has 2 aromatic heterocycles. The van der Waals surface area contributed by atoms with E-state index < -0.39 is 11.9 Å². The molecule has 0 bridgehead atoms. The van der Waals surface area contributed by atoms with Gasteiger partial charge in [-0.15, -0.1) is 0 Å². The lowest BCUT2D eigenvalue weighted by Crippen LogP contribution is -2.67. The zero-order chi connectivity index (χ0) is 15.3. The Morgan fingerprint density at radius 3 is 2.71 bits per heavy atom. The van der Waals surface area contributed by atoms with Crippen molar-refractivity contribution in [3.05, 3.63) is 24.2 Å². The van der Waals surface area contributed by atoms with Gasteiger partial charge in [-0.2, -0.15) is 18.3 Å². The van der Waals surface area contributed by atoms with Gasteiger partial charge in [0.25, 0.3) is 0 Å². The summed E-state index contributed by atoms with van der Waals surface area (Å²) in [4.78, 5) is 6.09. The van der Waals surface area contributed by atoms with E-state index in [0.29, 0.717) is 24.4 Å². The number of nitrogens with zero attached hydrogens (tertiary/aromatic N) is 4. The maximum atomic E-state index is 12.7. The molecule has 3 rings (SSSR count). The number of hydrogen-bond donors (Lipinski definition) is 1. The molecule has 0 radical (unpaired) electrons. The highest BCUT2D eigenvalue weighted by molar-refractivity contribution is 5.70. The molecule has 0 aliphatic carbocycles. The number of hydrogen-bond acceptors (Lipinski definition) is 4. The van der Waals surface area contributed by atoms with E-state index >= 15 is 0 Å². The summed E-state index contributed by atoms with van der Waals surface area (Å²) < 4.78 is 39.5. The Morgan fingerprint density at radius 2 is 2.10 bits per heavy atom. The fourth-order valence-corrected chi connectivity index (χ4v) is 2.81. The highest BCUT2D eigenvalue weighted by Gasteiger charge is 2.40. The van der Waals surface area contributed by atoms with E-state index in [1.54, 1.807) is 0 Å². The van der Waals surface area contributed by atoms with Crippen LogP contribution < -0.4 is 10.6 Å². The summed E-state index contributed by atoms with van der Waals surface area (Å²) >= 11 is 0. The van der Waals surface area contributed by atoms with Gasteiger partial charge in [-0.3, -0.25) is 0 Å². The van der Waals surface area contributed by atoms with Gasteiger partial charge in [-0.1, -0.05) is 13.3 Å². The van der Waals surface area contributed by atoms with Crippen LogP contribution in [0.25, 0.3) is 5.52 Å². The molecule has 21 heavy (non-hydrogen) atoms. The molecule has 1 saturated heterocycles. The molecule has 0 spiro atoms. The number of alkyl halides is 3. The smallest absolute Gasteiger partial charge is 0.351 e. The van der Waals surface area contributed by atoms with Crippen molar-refractivity contribution < 1.29 is 13.2 Å². The van der Waals surface area contributed by atoms with E-state index in [-0.39, 0.29) is 5.54 Å². The van der Waals surface area contributed by atoms with Crippen molar-refractivity contribution >= 4 is 11.3 Å². The number of nitrogens with two attached hydrogens (primary N) is 1. The van der Waals surface area contributed by atoms with E-state index in [4.69, 9.17) is 5.73 Å². The third-order valence-corrected chi connectivity index (χ3v) is 3.72. The normalized spacial score (nSPS) is 18.0. The summed E-state index contributed by atoms with van der Waals surface area (Å²) in [6, 6.07) is 1.03. The second-order valence-corrected chi connectivity index (χ2v) is 5.58. The molecule has 1 aliphatic heterocycles. The molecule has 0 atom stereocenters. The predicted molar refractivity (Wildman–Crippen MR) is 72.0 cm³/mol. The van der Waals surface area contributed by atoms with Gasteiger partial charge in [-0.05, 0) is 6.42 Å². The van der Waals surface area contributed by atoms with E-state index in [0.717, 1.165) is 18.9 Å². The van der Waals surface area contributed by atoms with Crippen LogP contribution in [-0.2, 0) is 6.18 Å². The van der Waals surface area contributed by atoms with E-state index in [2.05, 4.69) is 17.0 Å². The highest BCUT2D eigenvalue weighted by Crippen LogP contribution is 2.34. The van der Waals surface area contributed by atoms with Crippen LogP contribution in [0.4, 0.5) is 19.0 Å². The second-order valence-electron chi connectivity index (χ2n) is 5.58. The lowest BCUT2D eigenvalue weighted by molar-refractivity contribution is -0.141. The summed E-state index contributed by atoms with van der Waals surface area (Å²) in [5.74, 6) is 0.498. The number of fused-ring (bicyclic) bond motifs is 1. The topological polar surface area (TPSA) is 59.5 Å². The van der Waals surface area contributed by atoms with Crippen LogP contribution in [0.3, 0.4) is 0 Å². The first-order chi connectivity index (χ1) is 9.82. The van der Waals surface area contributed by atoms with Gasteiger partial charge in [0.05, 0.1) is 5.54 Å². The van der Waals surface area contributed by atoms with Crippen LogP contribution in [0.2, 0.25) is 0 Å². The van der Waals surface area contributed by atoms with Crippen LogP contribution in [-0.4, -0.2) is 33.2 Å². The Bertz CT molecular complexity index is 657. The zero-order valence-corrected chi connectivity index (χ0v) is 11.6. The molecule has 2 N–H and O–H groups in total. The molecule has 8 heteroatoms. The van der Waals surface area contributed by atoms with Crippen molar-refractivity contribution in [2.45, 2.75) is 31.5 Å². The summed E-state index contributed by atoms with van der Waals surface area (Å²) in [6.45, 7) is 3.25. The maximum absolute atomic E-state index is 12.7. The minimum atomic E-state index is -4.46. The number of aromatic nitrogens is 3. The van der Waals surface area contributed by atoms with Crippen LogP contribution in [0, 0.1) is 0 Å². The van der Waals surface area contributed by atoms with Gasteiger partial charge in [0.2, 0.25) is 0 Å². The Balaban J connectivity index is 1.92. The van der Waals surface area contributed by atoms with Gasteiger partial charge in [-0.25, -0.2) is 9.50 Å². The minimum Gasteiger partial charge on any atom is -0.351 e. The molecule has 0 unspecified atom stereocenters. The van der Waals surface area contributed by atoms with Gasteiger partial charge in [0, 0.05) is 31.5 Å². The lowest BCUT2D eigenvalue weighted by atomic mass is 9.86. The van der Waals surface area contributed by atoms with Crippen molar-refractivity contribution in [1.29, 1.82) is 0 Å². The zero-order valence-electron chi connectivity index (χ0n) is 11.6. The lowest BCUT2D eigenvalue weighted by Gasteiger charge is -2.48. The molecule has 1 fully saturated rings. The van der Waals surface area contributed by atoms with Gasteiger partial charge < -0.3 is 10.6 Å². The molecule has 1 aliphatic rings. The maximum Gasteiger partial charge on any atom is 0.435 e. The molecule has 0 saturated carbocycles. The molecule has 0 amide bonds. The van der Waals surface area contributed by atoms with Crippen LogP contribution in [0.5, 0.6) is 0 Å². The van der Waals surface area contributed by atoms with Crippen molar-refractivity contribution in [3.63, 3.8) is 0 Å². The first-order valence-corrected chi connectivity index (χ1v) is 6.78. The summed E-state index contributed by atoms with van der Waals surface area (Å²) in [5, 5.41) is 3.55. The number of rotatable bonds is 3. The Labute approximate surface area is 119 Å². The molecular formula is C13H16F3N5. The number of anilines is 1. The predicted octanol–water partition coefficient (Wildman–Crippen LogP) is 2.07. The molecule has 3 heterocycles. The average molecular weight is 299 g/mol. The van der Waals surface area contributed by atoms with Crippen molar-refractivity contribution in [1.82, 2.24) is 14.6 Å². The average Bonchev–Trinajstić information content (AvgIpc) is 2.79.